The van der Waals surface area contributed by atoms with Crippen LogP contribution in [0.15, 0.2) is 30.7 Å². The van der Waals surface area contributed by atoms with Gasteiger partial charge in [0.1, 0.15) is 35.6 Å². The average Bonchev–Trinajstić information content (AvgIpc) is 3.31. The number of aromatic nitrogens is 5. The summed E-state index contributed by atoms with van der Waals surface area (Å²) in [5.41, 5.74) is 0.0818. The molecule has 0 saturated carbocycles. The molecule has 3 aromatic rings. The van der Waals surface area contributed by atoms with Crippen LogP contribution in [0.4, 0.5) is 14.6 Å². The molecule has 11 heteroatoms. The highest BCUT2D eigenvalue weighted by molar-refractivity contribution is 6.00. The smallest absolute Gasteiger partial charge is 0.291 e. The number of imidazole rings is 1. The zero-order chi connectivity index (χ0) is 21.4. The minimum absolute atomic E-state index is 0.0818. The molecule has 1 aromatic carbocycles. The summed E-state index contributed by atoms with van der Waals surface area (Å²) in [4.78, 5) is 34.9. The Bertz CT molecular complexity index is 1120. The molecule has 1 aliphatic rings. The van der Waals surface area contributed by atoms with E-state index < -0.39 is 23.6 Å². The molecule has 0 saturated heterocycles. The fraction of sp³-hybridized carbons (Fsp3) is 0.316. The fourth-order valence-electron chi connectivity index (χ4n) is 3.40. The number of rotatable bonds is 4. The van der Waals surface area contributed by atoms with Crippen molar-refractivity contribution < 1.29 is 18.4 Å². The molecule has 1 atom stereocenters. The molecule has 3 heterocycles. The summed E-state index contributed by atoms with van der Waals surface area (Å²) in [6.07, 6.45) is 3.25. The molecular weight excluding hydrogens is 396 g/mol. The number of anilines is 1. The lowest BCUT2D eigenvalue weighted by molar-refractivity contribution is -0.120. The highest BCUT2D eigenvalue weighted by Gasteiger charge is 2.31. The zero-order valence-electron chi connectivity index (χ0n) is 16.3. The molecule has 4 rings (SSSR count). The van der Waals surface area contributed by atoms with E-state index in [9.17, 15) is 18.4 Å². The van der Waals surface area contributed by atoms with Crippen molar-refractivity contribution in [2.24, 2.45) is 0 Å². The third kappa shape index (κ3) is 3.65. The third-order valence-electron chi connectivity index (χ3n) is 5.03. The molecule has 0 radical (unpaired) electrons. The number of hydrogen-bond acceptors (Lipinski definition) is 5. The van der Waals surface area contributed by atoms with Crippen LogP contribution in [0.5, 0.6) is 0 Å². The van der Waals surface area contributed by atoms with Crippen LogP contribution in [-0.4, -0.2) is 49.2 Å². The first-order chi connectivity index (χ1) is 14.3. The normalized spacial score (nSPS) is 16.3. The van der Waals surface area contributed by atoms with Gasteiger partial charge < -0.3 is 9.88 Å². The van der Waals surface area contributed by atoms with Gasteiger partial charge in [0.15, 0.2) is 0 Å². The van der Waals surface area contributed by atoms with Crippen LogP contribution < -0.4 is 10.2 Å². The van der Waals surface area contributed by atoms with Gasteiger partial charge in [-0.15, -0.1) is 5.10 Å². The number of amides is 2. The number of nitrogens with one attached hydrogen (secondary N) is 1. The van der Waals surface area contributed by atoms with Gasteiger partial charge >= 0.3 is 0 Å². The Kier molecular flexibility index (Phi) is 5.02. The van der Waals surface area contributed by atoms with Crippen molar-refractivity contribution >= 4 is 17.6 Å². The maximum atomic E-state index is 13.8. The monoisotopic (exact) mass is 415 g/mol. The van der Waals surface area contributed by atoms with Gasteiger partial charge in [0.25, 0.3) is 11.8 Å². The van der Waals surface area contributed by atoms with Crippen LogP contribution in [-0.2, 0) is 17.9 Å². The first-order valence-electron chi connectivity index (χ1n) is 9.27. The summed E-state index contributed by atoms with van der Waals surface area (Å²) in [5.74, 6) is -0.778. The summed E-state index contributed by atoms with van der Waals surface area (Å²) in [6.45, 7) is 2.28. The van der Waals surface area contributed by atoms with Gasteiger partial charge in [-0.05, 0) is 31.5 Å². The van der Waals surface area contributed by atoms with Crippen LogP contribution in [0.2, 0.25) is 0 Å². The minimum Gasteiger partial charge on any atom is -0.337 e. The van der Waals surface area contributed by atoms with Crippen LogP contribution in [0, 0.1) is 18.6 Å². The van der Waals surface area contributed by atoms with Gasteiger partial charge in [0.2, 0.25) is 5.82 Å². The van der Waals surface area contributed by atoms with Gasteiger partial charge in [-0.3, -0.25) is 14.5 Å². The molecule has 156 valence electrons. The molecule has 2 amide bonds. The van der Waals surface area contributed by atoms with Gasteiger partial charge in [0, 0.05) is 19.2 Å². The number of carbonyl (C=O) groups excluding carboxylic acids is 2. The maximum Gasteiger partial charge on any atom is 0.291 e. The molecule has 30 heavy (non-hydrogen) atoms. The number of aryl methyl sites for hydroxylation is 1. The number of hydrogen-bond donors (Lipinski definition) is 1. The molecule has 1 N–H and O–H groups in total. The van der Waals surface area contributed by atoms with Gasteiger partial charge in [-0.2, -0.15) is 0 Å². The van der Waals surface area contributed by atoms with Crippen molar-refractivity contribution in [1.29, 1.82) is 0 Å². The van der Waals surface area contributed by atoms with Crippen LogP contribution >= 0.6 is 0 Å². The summed E-state index contributed by atoms with van der Waals surface area (Å²) in [7, 11) is 1.63. The van der Waals surface area contributed by atoms with E-state index in [1.165, 1.54) is 15.9 Å². The molecule has 1 aliphatic heterocycles. The van der Waals surface area contributed by atoms with E-state index in [1.54, 1.807) is 13.2 Å². The topological polar surface area (TPSA) is 97.9 Å². The predicted molar refractivity (Wildman–Crippen MR) is 102 cm³/mol. The fourth-order valence-corrected chi connectivity index (χ4v) is 3.40. The van der Waals surface area contributed by atoms with Gasteiger partial charge in [-0.1, -0.05) is 0 Å². The number of likely N-dealkylation sites (N-methyl/N-ethyl adjacent to an activating group) is 1. The molecule has 0 aliphatic carbocycles. The zero-order valence-corrected chi connectivity index (χ0v) is 16.3. The van der Waals surface area contributed by atoms with E-state index in [1.807, 2.05) is 11.5 Å². The van der Waals surface area contributed by atoms with E-state index in [-0.39, 0.29) is 23.8 Å². The number of halogens is 2. The minimum atomic E-state index is -0.755. The van der Waals surface area contributed by atoms with E-state index in [0.717, 1.165) is 24.0 Å². The standard InChI is InChI=1S/C19H19F2N7O2/c1-11-22-8-16-26(2)19(30)15(5-6-28(11)16)24-18(29)17-23-10-27(25-17)9-12-7-13(20)3-4-14(12)21/h3-4,7-8,10,15H,5-6,9H2,1-2H3,(H,24,29). The Morgan fingerprint density at radius 2 is 2.10 bits per heavy atom. The average molecular weight is 415 g/mol. The highest BCUT2D eigenvalue weighted by atomic mass is 19.1. The van der Waals surface area contributed by atoms with E-state index >= 15 is 0 Å². The second kappa shape index (κ2) is 7.65. The molecule has 0 bridgehead atoms. The lowest BCUT2D eigenvalue weighted by Crippen LogP contribution is -2.47. The van der Waals surface area contributed by atoms with Crippen molar-refractivity contribution in [3.63, 3.8) is 0 Å². The third-order valence-corrected chi connectivity index (χ3v) is 5.03. The molecule has 9 nitrogen and oxygen atoms in total. The Morgan fingerprint density at radius 3 is 2.90 bits per heavy atom. The summed E-state index contributed by atoms with van der Waals surface area (Å²) >= 11 is 0. The van der Waals surface area contributed by atoms with E-state index in [2.05, 4.69) is 20.4 Å². The number of carbonyl (C=O) groups is 2. The molecular formula is C19H19F2N7O2. The molecule has 0 spiro atoms. The van der Waals surface area contributed by atoms with Gasteiger partial charge in [-0.25, -0.2) is 23.4 Å². The Hall–Kier alpha value is -3.63. The summed E-state index contributed by atoms with van der Waals surface area (Å²) in [6, 6.07) is 2.35. The lowest BCUT2D eigenvalue weighted by atomic mass is 10.2. The van der Waals surface area contributed by atoms with Crippen molar-refractivity contribution in [2.75, 3.05) is 11.9 Å². The summed E-state index contributed by atoms with van der Waals surface area (Å²) < 4.78 is 30.3. The first kappa shape index (κ1) is 19.7. The largest absolute Gasteiger partial charge is 0.337 e. The maximum absolute atomic E-state index is 13.8. The highest BCUT2D eigenvalue weighted by Crippen LogP contribution is 2.21. The number of benzene rings is 1. The van der Waals surface area contributed by atoms with Crippen LogP contribution in [0.25, 0.3) is 0 Å². The Balaban J connectivity index is 1.46. The van der Waals surface area contributed by atoms with Crippen molar-refractivity contribution in [3.05, 3.63) is 59.6 Å². The van der Waals surface area contributed by atoms with E-state index in [4.69, 9.17) is 0 Å². The van der Waals surface area contributed by atoms with Crippen LogP contribution in [0.1, 0.15) is 28.4 Å². The first-order valence-corrected chi connectivity index (χ1v) is 9.27. The number of fused-ring (bicyclic) bond motifs is 1. The Labute approximate surface area is 170 Å². The molecule has 2 aromatic heterocycles. The number of nitrogens with zero attached hydrogens (tertiary/aromatic N) is 6. The SMILES string of the molecule is Cc1ncc2n1CCC(NC(=O)c1ncn(Cc3cc(F)ccc3F)n1)C(=O)N2C. The quantitative estimate of drug-likeness (QED) is 0.692. The van der Waals surface area contributed by atoms with Crippen LogP contribution in [0.3, 0.4) is 0 Å². The second-order valence-corrected chi connectivity index (χ2v) is 7.03. The Morgan fingerprint density at radius 1 is 1.30 bits per heavy atom. The van der Waals surface area contributed by atoms with Crippen molar-refractivity contribution in [3.8, 4) is 0 Å². The van der Waals surface area contributed by atoms with Gasteiger partial charge in [0.05, 0.1) is 12.7 Å². The summed E-state index contributed by atoms with van der Waals surface area (Å²) in [5, 5.41) is 6.68. The van der Waals surface area contributed by atoms with Crippen molar-refractivity contribution in [1.82, 2.24) is 29.6 Å². The van der Waals surface area contributed by atoms with E-state index in [0.29, 0.717) is 18.8 Å². The predicted octanol–water partition coefficient (Wildman–Crippen LogP) is 1.27. The molecule has 0 fully saturated rings. The second-order valence-electron chi connectivity index (χ2n) is 7.03. The lowest BCUT2D eigenvalue weighted by Gasteiger charge is -2.19. The van der Waals surface area contributed by atoms with Crippen molar-refractivity contribution in [2.45, 2.75) is 32.5 Å². The molecule has 1 unspecified atom stereocenters.